The van der Waals surface area contributed by atoms with E-state index in [1.807, 2.05) is 0 Å². The Hall–Kier alpha value is -1.86. The standard InChI is InChI=1S/C15H15FN4OS/c16-9-2-1-5-17-13(9)15-18-7-12(22-15)14(21)20-11-6-8-3-4-10(11)19-8/h1-2,5,7-8,10-11,19H,3-4,6H2,(H,20,21). The Balaban J connectivity index is 1.49. The third-order valence-electron chi connectivity index (χ3n) is 4.31. The number of carbonyl (C=O) groups excluding carboxylic acids is 1. The molecule has 0 aromatic carbocycles. The zero-order chi connectivity index (χ0) is 15.1. The number of hydrogen-bond acceptors (Lipinski definition) is 5. The summed E-state index contributed by atoms with van der Waals surface area (Å²) in [5, 5.41) is 6.97. The van der Waals surface area contributed by atoms with Crippen molar-refractivity contribution in [3.05, 3.63) is 35.2 Å². The monoisotopic (exact) mass is 318 g/mol. The molecule has 1 amide bonds. The zero-order valence-corrected chi connectivity index (χ0v) is 12.6. The average molecular weight is 318 g/mol. The second-order valence-electron chi connectivity index (χ2n) is 5.73. The first kappa shape index (κ1) is 13.8. The SMILES string of the molecule is O=C(NC1CC2CCC1N2)c1cnc(-c2ncccc2F)s1. The van der Waals surface area contributed by atoms with Crippen molar-refractivity contribution >= 4 is 17.2 Å². The summed E-state index contributed by atoms with van der Waals surface area (Å²) in [6.45, 7) is 0. The number of hydrogen-bond donors (Lipinski definition) is 2. The molecule has 22 heavy (non-hydrogen) atoms. The predicted octanol–water partition coefficient (Wildman–Crippen LogP) is 1.97. The first-order valence-corrected chi connectivity index (χ1v) is 8.16. The molecule has 0 aliphatic carbocycles. The van der Waals surface area contributed by atoms with Crippen LogP contribution in [0, 0.1) is 5.82 Å². The van der Waals surface area contributed by atoms with Crippen LogP contribution in [0.15, 0.2) is 24.5 Å². The largest absolute Gasteiger partial charge is 0.347 e. The predicted molar refractivity (Wildman–Crippen MR) is 81.1 cm³/mol. The molecule has 4 heterocycles. The summed E-state index contributed by atoms with van der Waals surface area (Å²) in [5.74, 6) is -0.569. The van der Waals surface area contributed by atoms with Gasteiger partial charge < -0.3 is 10.6 Å². The van der Waals surface area contributed by atoms with Gasteiger partial charge in [0.25, 0.3) is 5.91 Å². The maximum atomic E-state index is 13.7. The van der Waals surface area contributed by atoms with Crippen LogP contribution in [-0.4, -0.2) is 34.0 Å². The maximum Gasteiger partial charge on any atom is 0.263 e. The van der Waals surface area contributed by atoms with Crippen LogP contribution in [0.5, 0.6) is 0 Å². The summed E-state index contributed by atoms with van der Waals surface area (Å²) >= 11 is 1.17. The first-order valence-electron chi connectivity index (χ1n) is 7.34. The van der Waals surface area contributed by atoms with Crippen LogP contribution in [-0.2, 0) is 0 Å². The van der Waals surface area contributed by atoms with Crippen LogP contribution in [0.25, 0.3) is 10.7 Å². The molecule has 2 aromatic heterocycles. The fourth-order valence-electron chi connectivity index (χ4n) is 3.25. The number of pyridine rings is 1. The Morgan fingerprint density at radius 2 is 2.32 bits per heavy atom. The van der Waals surface area contributed by atoms with Crippen molar-refractivity contribution in [3.63, 3.8) is 0 Å². The van der Waals surface area contributed by atoms with E-state index in [1.54, 1.807) is 0 Å². The summed E-state index contributed by atoms with van der Waals surface area (Å²) in [4.78, 5) is 20.9. The highest BCUT2D eigenvalue weighted by Gasteiger charge is 2.39. The minimum absolute atomic E-state index is 0.139. The van der Waals surface area contributed by atoms with Crippen molar-refractivity contribution in [1.82, 2.24) is 20.6 Å². The lowest BCUT2D eigenvalue weighted by molar-refractivity contribution is 0.0935. The lowest BCUT2D eigenvalue weighted by Gasteiger charge is -2.20. The molecule has 2 aromatic rings. The fourth-order valence-corrected chi connectivity index (χ4v) is 4.07. The lowest BCUT2D eigenvalue weighted by atomic mass is 9.95. The molecule has 2 N–H and O–H groups in total. The number of amides is 1. The Bertz CT molecular complexity index is 719. The van der Waals surface area contributed by atoms with E-state index >= 15 is 0 Å². The molecule has 4 rings (SSSR count). The van der Waals surface area contributed by atoms with E-state index in [9.17, 15) is 9.18 Å². The van der Waals surface area contributed by atoms with Gasteiger partial charge in [0.05, 0.1) is 6.20 Å². The van der Waals surface area contributed by atoms with Crippen LogP contribution >= 0.6 is 11.3 Å². The molecule has 2 saturated heterocycles. The molecular weight excluding hydrogens is 303 g/mol. The first-order chi connectivity index (χ1) is 10.7. The molecule has 2 aliphatic rings. The van der Waals surface area contributed by atoms with Gasteiger partial charge in [-0.15, -0.1) is 11.3 Å². The summed E-state index contributed by atoms with van der Waals surface area (Å²) in [5.41, 5.74) is 0.188. The number of carbonyl (C=O) groups is 1. The Morgan fingerprint density at radius 1 is 1.41 bits per heavy atom. The fraction of sp³-hybridized carbons (Fsp3) is 0.400. The highest BCUT2D eigenvalue weighted by molar-refractivity contribution is 7.16. The molecule has 3 atom stereocenters. The summed E-state index contributed by atoms with van der Waals surface area (Å²) in [6.07, 6.45) is 6.30. The van der Waals surface area contributed by atoms with Gasteiger partial charge in [-0.25, -0.2) is 9.37 Å². The topological polar surface area (TPSA) is 66.9 Å². The Labute approximate surface area is 131 Å². The van der Waals surface area contributed by atoms with E-state index in [0.717, 1.165) is 12.8 Å². The molecule has 5 nitrogen and oxygen atoms in total. The number of halogens is 1. The van der Waals surface area contributed by atoms with Crippen LogP contribution in [0.1, 0.15) is 28.9 Å². The van der Waals surface area contributed by atoms with Crippen molar-refractivity contribution in [2.75, 3.05) is 0 Å². The molecule has 3 unspecified atom stereocenters. The van der Waals surface area contributed by atoms with Gasteiger partial charge in [-0.1, -0.05) is 0 Å². The molecule has 2 aliphatic heterocycles. The normalized spacial score (nSPS) is 26.3. The zero-order valence-electron chi connectivity index (χ0n) is 11.8. The number of nitrogens with zero attached hydrogens (tertiary/aromatic N) is 2. The molecular formula is C15H15FN4OS. The molecule has 2 fully saturated rings. The quantitative estimate of drug-likeness (QED) is 0.908. The highest BCUT2D eigenvalue weighted by atomic mass is 32.1. The van der Waals surface area contributed by atoms with E-state index in [4.69, 9.17) is 0 Å². The average Bonchev–Trinajstić information content (AvgIpc) is 3.24. The van der Waals surface area contributed by atoms with Crippen LogP contribution in [0.3, 0.4) is 0 Å². The van der Waals surface area contributed by atoms with Crippen LogP contribution < -0.4 is 10.6 Å². The highest BCUT2D eigenvalue weighted by Crippen LogP contribution is 2.29. The summed E-state index contributed by atoms with van der Waals surface area (Å²) in [6, 6.07) is 3.97. The van der Waals surface area contributed by atoms with E-state index < -0.39 is 5.82 Å². The molecule has 7 heteroatoms. The molecule has 0 spiro atoms. The van der Waals surface area contributed by atoms with Crippen LogP contribution in [0.2, 0.25) is 0 Å². The van der Waals surface area contributed by atoms with Crippen molar-refractivity contribution in [2.24, 2.45) is 0 Å². The summed E-state index contributed by atoms with van der Waals surface area (Å²) < 4.78 is 13.7. The van der Waals surface area contributed by atoms with Gasteiger partial charge in [0.15, 0.2) is 5.82 Å². The van der Waals surface area contributed by atoms with E-state index in [0.29, 0.717) is 22.0 Å². The maximum absolute atomic E-state index is 13.7. The van der Waals surface area contributed by atoms with Crippen molar-refractivity contribution in [3.8, 4) is 10.7 Å². The Morgan fingerprint density at radius 3 is 3.05 bits per heavy atom. The lowest BCUT2D eigenvalue weighted by Crippen LogP contribution is -2.42. The van der Waals surface area contributed by atoms with Gasteiger partial charge in [0, 0.05) is 24.3 Å². The molecule has 2 bridgehead atoms. The molecule has 0 saturated carbocycles. The van der Waals surface area contributed by atoms with Gasteiger partial charge in [-0.05, 0) is 31.4 Å². The van der Waals surface area contributed by atoms with E-state index in [2.05, 4.69) is 20.6 Å². The number of rotatable bonds is 3. The second-order valence-corrected chi connectivity index (χ2v) is 6.76. The summed E-state index contributed by atoms with van der Waals surface area (Å²) in [7, 11) is 0. The third-order valence-corrected chi connectivity index (χ3v) is 5.31. The minimum Gasteiger partial charge on any atom is -0.347 e. The van der Waals surface area contributed by atoms with Crippen molar-refractivity contribution < 1.29 is 9.18 Å². The number of aromatic nitrogens is 2. The number of nitrogens with one attached hydrogen (secondary N) is 2. The van der Waals surface area contributed by atoms with Gasteiger partial charge >= 0.3 is 0 Å². The number of thiazole rings is 1. The second kappa shape index (κ2) is 5.40. The smallest absolute Gasteiger partial charge is 0.263 e. The third kappa shape index (κ3) is 2.40. The van der Waals surface area contributed by atoms with Gasteiger partial charge in [0.2, 0.25) is 0 Å². The van der Waals surface area contributed by atoms with Gasteiger partial charge in [0.1, 0.15) is 15.6 Å². The number of fused-ring (bicyclic) bond motifs is 2. The van der Waals surface area contributed by atoms with E-state index in [1.165, 1.54) is 42.3 Å². The van der Waals surface area contributed by atoms with E-state index in [-0.39, 0.29) is 17.6 Å². The minimum atomic E-state index is -0.430. The Kier molecular flexibility index (Phi) is 3.38. The van der Waals surface area contributed by atoms with Crippen LogP contribution in [0.4, 0.5) is 4.39 Å². The van der Waals surface area contributed by atoms with Crippen molar-refractivity contribution in [1.29, 1.82) is 0 Å². The van der Waals surface area contributed by atoms with Crippen molar-refractivity contribution in [2.45, 2.75) is 37.4 Å². The molecule has 0 radical (unpaired) electrons. The van der Waals surface area contributed by atoms with Gasteiger partial charge in [-0.2, -0.15) is 0 Å². The molecule has 114 valence electrons. The van der Waals surface area contributed by atoms with Gasteiger partial charge in [-0.3, -0.25) is 9.78 Å².